The second-order valence-electron chi connectivity index (χ2n) is 5.32. The molecule has 21 heavy (non-hydrogen) atoms. The van der Waals surface area contributed by atoms with E-state index in [-0.39, 0.29) is 10.8 Å². The number of aryl methyl sites for hydroxylation is 1. The average Bonchev–Trinajstić information content (AvgIpc) is 3.17. The molecule has 0 bridgehead atoms. The lowest BCUT2D eigenvalue weighted by molar-refractivity contribution is 0.401. The molecule has 0 aromatic carbocycles. The molecule has 0 aliphatic heterocycles. The Bertz CT molecular complexity index is 523. The van der Waals surface area contributed by atoms with Crippen LogP contribution in [0.1, 0.15) is 44.3 Å². The minimum atomic E-state index is -0.00961. The highest BCUT2D eigenvalue weighted by Gasteiger charge is 2.28. The van der Waals surface area contributed by atoms with Crippen LogP contribution in [0.4, 0.5) is 0 Å². The van der Waals surface area contributed by atoms with Crippen molar-refractivity contribution in [2.45, 2.75) is 37.5 Å². The highest BCUT2D eigenvalue weighted by molar-refractivity contribution is 8.00. The van der Waals surface area contributed by atoms with Gasteiger partial charge in [-0.15, -0.1) is 0 Å². The largest absolute Gasteiger partial charge is 0.467 e. The van der Waals surface area contributed by atoms with Gasteiger partial charge < -0.3 is 8.98 Å². The Morgan fingerprint density at radius 3 is 2.67 bits per heavy atom. The first-order chi connectivity index (χ1) is 10.2. The zero-order valence-electron chi connectivity index (χ0n) is 13.3. The predicted molar refractivity (Wildman–Crippen MR) is 88.6 cm³/mol. The third kappa shape index (κ3) is 3.52. The van der Waals surface area contributed by atoms with Crippen LogP contribution in [-0.2, 0) is 7.05 Å². The Kier molecular flexibility index (Phi) is 5.53. The number of nitrogens with zero attached hydrogens (tertiary/aromatic N) is 2. The highest BCUT2D eigenvalue weighted by atomic mass is 32.2. The van der Waals surface area contributed by atoms with Crippen LogP contribution in [0.3, 0.4) is 0 Å². The van der Waals surface area contributed by atoms with Gasteiger partial charge in [0.15, 0.2) is 0 Å². The molecule has 1 N–H and O–H groups in total. The SMILES string of the molecule is CCC(CC)(CNC(c1ccco1)c1nccn1C)SC. The van der Waals surface area contributed by atoms with Gasteiger partial charge in [0.05, 0.1) is 6.26 Å². The van der Waals surface area contributed by atoms with E-state index in [0.29, 0.717) is 0 Å². The summed E-state index contributed by atoms with van der Waals surface area (Å²) in [7, 11) is 2.02. The van der Waals surface area contributed by atoms with Crippen molar-refractivity contribution in [3.8, 4) is 0 Å². The van der Waals surface area contributed by atoms with E-state index in [2.05, 4.69) is 30.4 Å². The minimum Gasteiger partial charge on any atom is -0.467 e. The van der Waals surface area contributed by atoms with Gasteiger partial charge in [0, 0.05) is 30.7 Å². The summed E-state index contributed by atoms with van der Waals surface area (Å²) >= 11 is 1.94. The Hall–Kier alpha value is -1.20. The fraction of sp³-hybridized carbons (Fsp3) is 0.562. The standard InChI is InChI=1S/C16H25N3OS/c1-5-16(6-2,21-4)12-18-14(13-8-7-11-20-13)15-17-9-10-19(15)3/h7-11,14,18H,5-6,12H2,1-4H3. The lowest BCUT2D eigenvalue weighted by Gasteiger charge is -2.31. The number of hydrogen-bond acceptors (Lipinski definition) is 4. The molecule has 0 aliphatic rings. The molecule has 0 saturated heterocycles. The van der Waals surface area contributed by atoms with Gasteiger partial charge in [-0.3, -0.25) is 5.32 Å². The fourth-order valence-corrected chi connectivity index (χ4v) is 3.38. The van der Waals surface area contributed by atoms with Crippen molar-refractivity contribution < 1.29 is 4.42 Å². The van der Waals surface area contributed by atoms with Crippen LogP contribution in [0.5, 0.6) is 0 Å². The summed E-state index contributed by atoms with van der Waals surface area (Å²) in [6, 6.07) is 3.92. The Balaban J connectivity index is 2.20. The molecular weight excluding hydrogens is 282 g/mol. The van der Waals surface area contributed by atoms with E-state index in [0.717, 1.165) is 31.0 Å². The number of hydrogen-bond donors (Lipinski definition) is 1. The summed E-state index contributed by atoms with van der Waals surface area (Å²) in [5, 5.41) is 3.66. The summed E-state index contributed by atoms with van der Waals surface area (Å²) in [5.74, 6) is 1.89. The van der Waals surface area contributed by atoms with E-state index in [4.69, 9.17) is 4.42 Å². The van der Waals surface area contributed by atoms with E-state index < -0.39 is 0 Å². The zero-order valence-corrected chi connectivity index (χ0v) is 14.1. The second-order valence-corrected chi connectivity index (χ2v) is 6.59. The number of rotatable bonds is 8. The van der Waals surface area contributed by atoms with E-state index in [9.17, 15) is 0 Å². The van der Waals surface area contributed by atoms with Crippen LogP contribution < -0.4 is 5.32 Å². The normalized spacial score (nSPS) is 13.5. The van der Waals surface area contributed by atoms with Crippen LogP contribution >= 0.6 is 11.8 Å². The van der Waals surface area contributed by atoms with Gasteiger partial charge in [0.2, 0.25) is 0 Å². The van der Waals surface area contributed by atoms with E-state index in [1.54, 1.807) is 6.26 Å². The maximum absolute atomic E-state index is 5.62. The van der Waals surface area contributed by atoms with Gasteiger partial charge in [0.1, 0.15) is 17.6 Å². The number of imidazole rings is 1. The van der Waals surface area contributed by atoms with Crippen LogP contribution in [0.15, 0.2) is 35.2 Å². The number of nitrogens with one attached hydrogen (secondary N) is 1. The predicted octanol–water partition coefficient (Wildman–Crippen LogP) is 3.61. The molecule has 2 heterocycles. The van der Waals surface area contributed by atoms with Gasteiger partial charge in [-0.05, 0) is 31.2 Å². The molecule has 4 nitrogen and oxygen atoms in total. The summed E-state index contributed by atoms with van der Waals surface area (Å²) in [5.41, 5.74) is 0. The van der Waals surface area contributed by atoms with Gasteiger partial charge >= 0.3 is 0 Å². The lowest BCUT2D eigenvalue weighted by atomic mass is 10.0. The van der Waals surface area contributed by atoms with Crippen molar-refractivity contribution in [3.63, 3.8) is 0 Å². The topological polar surface area (TPSA) is 43.0 Å². The number of aromatic nitrogens is 2. The van der Waals surface area contributed by atoms with Gasteiger partial charge in [-0.25, -0.2) is 4.98 Å². The first kappa shape index (κ1) is 16.2. The highest BCUT2D eigenvalue weighted by Crippen LogP contribution is 2.31. The summed E-state index contributed by atoms with van der Waals surface area (Å²) in [6.07, 6.45) is 9.99. The van der Waals surface area contributed by atoms with Crippen LogP contribution in [0.25, 0.3) is 0 Å². The Labute approximate surface area is 131 Å². The van der Waals surface area contributed by atoms with Crippen molar-refractivity contribution >= 4 is 11.8 Å². The molecule has 2 aromatic rings. The molecule has 5 heteroatoms. The van der Waals surface area contributed by atoms with Gasteiger partial charge in [0.25, 0.3) is 0 Å². The zero-order chi connectivity index (χ0) is 15.3. The third-order valence-corrected chi connectivity index (χ3v) is 5.88. The molecule has 1 atom stereocenters. The third-order valence-electron chi connectivity index (χ3n) is 4.29. The summed E-state index contributed by atoms with van der Waals surface area (Å²) in [4.78, 5) is 4.48. The molecule has 0 aliphatic carbocycles. The van der Waals surface area contributed by atoms with E-state index in [1.807, 2.05) is 47.9 Å². The second kappa shape index (κ2) is 7.18. The maximum Gasteiger partial charge on any atom is 0.133 e. The van der Waals surface area contributed by atoms with Crippen molar-refractivity contribution in [1.29, 1.82) is 0 Å². The molecule has 1 unspecified atom stereocenters. The molecule has 2 aromatic heterocycles. The van der Waals surface area contributed by atoms with Crippen LogP contribution in [-0.4, -0.2) is 27.1 Å². The Morgan fingerprint density at radius 2 is 2.19 bits per heavy atom. The maximum atomic E-state index is 5.62. The quantitative estimate of drug-likeness (QED) is 0.809. The molecule has 0 amide bonds. The van der Waals surface area contributed by atoms with Gasteiger partial charge in [-0.2, -0.15) is 11.8 Å². The average molecular weight is 307 g/mol. The molecule has 0 spiro atoms. The van der Waals surface area contributed by atoms with Crippen LogP contribution in [0, 0.1) is 0 Å². The summed E-state index contributed by atoms with van der Waals surface area (Å²) in [6.45, 7) is 5.44. The monoisotopic (exact) mass is 307 g/mol. The Morgan fingerprint density at radius 1 is 1.43 bits per heavy atom. The first-order valence-corrected chi connectivity index (χ1v) is 8.67. The molecule has 0 radical (unpaired) electrons. The first-order valence-electron chi connectivity index (χ1n) is 7.45. The molecule has 0 saturated carbocycles. The fourth-order valence-electron chi connectivity index (χ4n) is 2.58. The van der Waals surface area contributed by atoms with Crippen molar-refractivity contribution in [3.05, 3.63) is 42.4 Å². The number of furan rings is 1. The van der Waals surface area contributed by atoms with Crippen LogP contribution in [0.2, 0.25) is 0 Å². The smallest absolute Gasteiger partial charge is 0.133 e. The van der Waals surface area contributed by atoms with E-state index >= 15 is 0 Å². The number of thioether (sulfide) groups is 1. The minimum absolute atomic E-state index is 0.00961. The van der Waals surface area contributed by atoms with E-state index in [1.165, 1.54) is 0 Å². The van der Waals surface area contributed by atoms with Gasteiger partial charge in [-0.1, -0.05) is 13.8 Å². The molecule has 116 valence electrons. The summed E-state index contributed by atoms with van der Waals surface area (Å²) < 4.78 is 7.92. The molecule has 0 fully saturated rings. The molecular formula is C16H25N3OS. The van der Waals surface area contributed by atoms with Crippen molar-refractivity contribution in [2.75, 3.05) is 12.8 Å². The lowest BCUT2D eigenvalue weighted by Crippen LogP contribution is -2.39. The van der Waals surface area contributed by atoms with Crippen molar-refractivity contribution in [2.24, 2.45) is 7.05 Å². The molecule has 2 rings (SSSR count). The van der Waals surface area contributed by atoms with Crippen molar-refractivity contribution in [1.82, 2.24) is 14.9 Å².